The average Bonchev–Trinajstić information content (AvgIpc) is 3.07. The van der Waals surface area contributed by atoms with E-state index in [0.717, 1.165) is 53.7 Å². The number of nitrogens with one attached hydrogen (secondary N) is 1. The lowest BCUT2D eigenvalue weighted by atomic mass is 10.1. The molecule has 1 saturated heterocycles. The van der Waals surface area contributed by atoms with E-state index in [4.69, 9.17) is 9.47 Å². The normalized spacial score (nSPS) is 14.4. The number of esters is 1. The predicted molar refractivity (Wildman–Crippen MR) is 109 cm³/mol. The van der Waals surface area contributed by atoms with E-state index in [1.165, 1.54) is 0 Å². The fourth-order valence-electron chi connectivity index (χ4n) is 3.85. The summed E-state index contributed by atoms with van der Waals surface area (Å²) in [5, 5.41) is 3.30. The molecule has 0 bridgehead atoms. The summed E-state index contributed by atoms with van der Waals surface area (Å²) < 4.78 is 11.8. The molecular formula is C23H27ClN2O3. The first kappa shape index (κ1) is 21.2. The molecular weight excluding hydrogens is 388 g/mol. The number of rotatable bonds is 6. The van der Waals surface area contributed by atoms with Crippen molar-refractivity contribution >= 4 is 16.9 Å². The molecule has 2 aromatic carbocycles. The second-order valence-corrected chi connectivity index (χ2v) is 7.36. The van der Waals surface area contributed by atoms with Gasteiger partial charge in [0.05, 0.1) is 25.2 Å². The van der Waals surface area contributed by atoms with Crippen molar-refractivity contribution < 1.29 is 32.0 Å². The molecule has 29 heavy (non-hydrogen) atoms. The Bertz CT molecular complexity index is 949. The van der Waals surface area contributed by atoms with Crippen LogP contribution in [0.1, 0.15) is 34.5 Å². The van der Waals surface area contributed by atoms with Gasteiger partial charge in [-0.3, -0.25) is 0 Å². The van der Waals surface area contributed by atoms with Gasteiger partial charge in [0.2, 0.25) is 0 Å². The van der Waals surface area contributed by atoms with Crippen LogP contribution in [0.25, 0.3) is 10.9 Å². The molecule has 0 atom stereocenters. The molecule has 0 aliphatic carbocycles. The Morgan fingerprint density at radius 3 is 2.62 bits per heavy atom. The van der Waals surface area contributed by atoms with Crippen molar-refractivity contribution in [3.05, 3.63) is 65.4 Å². The minimum absolute atomic E-state index is 0. The minimum Gasteiger partial charge on any atom is -1.00 e. The number of carbonyl (C=O) groups is 1. The summed E-state index contributed by atoms with van der Waals surface area (Å²) in [4.78, 5) is 15.9. The molecule has 1 aromatic heterocycles. The molecule has 1 aliphatic rings. The third-order valence-corrected chi connectivity index (χ3v) is 5.39. The molecule has 2 heterocycles. The number of benzene rings is 2. The Morgan fingerprint density at radius 2 is 1.86 bits per heavy atom. The van der Waals surface area contributed by atoms with Crippen LogP contribution in [0, 0.1) is 6.92 Å². The summed E-state index contributed by atoms with van der Waals surface area (Å²) in [5.41, 5.74) is 3.46. The van der Waals surface area contributed by atoms with Gasteiger partial charge in [-0.1, -0.05) is 36.4 Å². The van der Waals surface area contributed by atoms with Gasteiger partial charge in [-0.2, -0.15) is 0 Å². The van der Waals surface area contributed by atoms with Crippen LogP contribution in [0.2, 0.25) is 0 Å². The van der Waals surface area contributed by atoms with Crippen LogP contribution in [0.3, 0.4) is 0 Å². The van der Waals surface area contributed by atoms with E-state index in [1.807, 2.05) is 55.5 Å². The van der Waals surface area contributed by atoms with Gasteiger partial charge in [0.15, 0.2) is 0 Å². The summed E-state index contributed by atoms with van der Waals surface area (Å²) in [7, 11) is 0. The maximum atomic E-state index is 12.6. The summed E-state index contributed by atoms with van der Waals surface area (Å²) >= 11 is 0. The van der Waals surface area contributed by atoms with E-state index >= 15 is 0 Å². The van der Waals surface area contributed by atoms with Crippen molar-refractivity contribution in [2.24, 2.45) is 0 Å². The van der Waals surface area contributed by atoms with Gasteiger partial charge in [-0.05, 0) is 30.2 Å². The molecule has 3 N–H and O–H groups in total. The summed E-state index contributed by atoms with van der Waals surface area (Å²) in [5.74, 6) is 0.532. The van der Waals surface area contributed by atoms with E-state index in [1.54, 1.807) is 0 Å². The third kappa shape index (κ3) is 4.92. The number of piperidine rings is 1. The largest absolute Gasteiger partial charge is 1.00 e. The number of aromatic nitrogens is 1. The number of fused-ring (bicyclic) bond motifs is 1. The van der Waals surface area contributed by atoms with Crippen molar-refractivity contribution in [3.8, 4) is 5.75 Å². The smallest absolute Gasteiger partial charge is 0.355 e. The molecule has 0 spiro atoms. The van der Waals surface area contributed by atoms with Gasteiger partial charge in [0, 0.05) is 24.6 Å². The molecule has 1 fully saturated rings. The van der Waals surface area contributed by atoms with Crippen molar-refractivity contribution in [3.63, 3.8) is 0 Å². The van der Waals surface area contributed by atoms with Crippen molar-refractivity contribution in [2.75, 3.05) is 19.7 Å². The Morgan fingerprint density at radius 1 is 1.10 bits per heavy atom. The molecule has 1 aliphatic heterocycles. The van der Waals surface area contributed by atoms with Crippen LogP contribution < -0.4 is 22.5 Å². The SMILES string of the molecule is Cc1c(C(=O)OCCc2ccccc2)[nH]c2cccc(OC3CC[NH2+]CC3)c12.[Cl-]. The first-order valence-corrected chi connectivity index (χ1v) is 10.0. The standard InChI is InChI=1S/C23H26N2O3.ClH/c1-16-21-19(8-5-9-20(21)28-18-10-13-24-14-11-18)25-22(16)23(26)27-15-12-17-6-3-2-4-7-17;/h2-9,18,24-25H,10-15H2,1H3;1H. The highest BCUT2D eigenvalue weighted by Crippen LogP contribution is 2.32. The van der Waals surface area contributed by atoms with Gasteiger partial charge in [-0.25, -0.2) is 4.79 Å². The van der Waals surface area contributed by atoms with Crippen molar-refractivity contribution in [1.82, 2.24) is 4.98 Å². The minimum atomic E-state index is -0.317. The second-order valence-electron chi connectivity index (χ2n) is 7.36. The average molecular weight is 415 g/mol. The number of H-pyrrole nitrogens is 1. The molecule has 6 heteroatoms. The van der Waals surface area contributed by atoms with E-state index in [-0.39, 0.29) is 24.5 Å². The first-order chi connectivity index (χ1) is 13.7. The van der Waals surface area contributed by atoms with Crippen LogP contribution in [-0.4, -0.2) is 36.8 Å². The van der Waals surface area contributed by atoms with Crippen molar-refractivity contribution in [1.29, 1.82) is 0 Å². The number of hydrogen-bond acceptors (Lipinski definition) is 3. The van der Waals surface area contributed by atoms with Gasteiger partial charge in [0.1, 0.15) is 17.5 Å². The number of quaternary nitrogens is 1. The number of ether oxygens (including phenoxy) is 2. The zero-order valence-electron chi connectivity index (χ0n) is 16.6. The fourth-order valence-corrected chi connectivity index (χ4v) is 3.85. The number of halogens is 1. The number of nitrogens with two attached hydrogens (primary N) is 1. The number of aromatic amines is 1. The maximum absolute atomic E-state index is 12.6. The van der Waals surface area contributed by atoms with Crippen LogP contribution >= 0.6 is 0 Å². The maximum Gasteiger partial charge on any atom is 0.355 e. The third-order valence-electron chi connectivity index (χ3n) is 5.39. The zero-order valence-corrected chi connectivity index (χ0v) is 17.4. The van der Waals surface area contributed by atoms with E-state index in [2.05, 4.69) is 10.3 Å². The number of aryl methyl sites for hydroxylation is 1. The van der Waals surface area contributed by atoms with Gasteiger partial charge < -0.3 is 32.2 Å². The Hall–Kier alpha value is -2.50. The molecule has 5 nitrogen and oxygen atoms in total. The molecule has 0 saturated carbocycles. The molecule has 154 valence electrons. The van der Waals surface area contributed by atoms with Crippen LogP contribution in [0.5, 0.6) is 5.75 Å². The monoisotopic (exact) mass is 414 g/mol. The lowest BCUT2D eigenvalue weighted by Gasteiger charge is -2.22. The second kappa shape index (κ2) is 9.81. The van der Waals surface area contributed by atoms with Gasteiger partial charge >= 0.3 is 5.97 Å². The van der Waals surface area contributed by atoms with E-state index in [0.29, 0.717) is 18.7 Å². The highest BCUT2D eigenvalue weighted by atomic mass is 35.5. The number of hydrogen-bond donors (Lipinski definition) is 2. The van der Waals surface area contributed by atoms with Gasteiger partial charge in [-0.15, -0.1) is 0 Å². The first-order valence-electron chi connectivity index (χ1n) is 10.0. The van der Waals surface area contributed by atoms with E-state index < -0.39 is 0 Å². The van der Waals surface area contributed by atoms with Crippen LogP contribution in [-0.2, 0) is 11.2 Å². The van der Waals surface area contributed by atoms with E-state index in [9.17, 15) is 4.79 Å². The zero-order chi connectivity index (χ0) is 19.3. The molecule has 0 radical (unpaired) electrons. The Kier molecular flexibility index (Phi) is 7.18. The summed E-state index contributed by atoms with van der Waals surface area (Å²) in [6.07, 6.45) is 3.05. The lowest BCUT2D eigenvalue weighted by Crippen LogP contribution is -3.00. The Labute approximate surface area is 177 Å². The van der Waals surface area contributed by atoms with Crippen LogP contribution in [0.15, 0.2) is 48.5 Å². The number of carbonyl (C=O) groups excluding carboxylic acids is 1. The quantitative estimate of drug-likeness (QED) is 0.557. The predicted octanol–water partition coefficient (Wildman–Crippen LogP) is -0.0156. The molecule has 0 unspecified atom stereocenters. The summed E-state index contributed by atoms with van der Waals surface area (Å²) in [6, 6.07) is 16.0. The molecule has 3 aromatic rings. The highest BCUT2D eigenvalue weighted by Gasteiger charge is 2.22. The molecule has 4 rings (SSSR count). The van der Waals surface area contributed by atoms with Crippen molar-refractivity contribution in [2.45, 2.75) is 32.3 Å². The van der Waals surface area contributed by atoms with Crippen LogP contribution in [0.4, 0.5) is 0 Å². The molecule has 0 amide bonds. The summed E-state index contributed by atoms with van der Waals surface area (Å²) in [6.45, 7) is 4.52. The highest BCUT2D eigenvalue weighted by molar-refractivity contribution is 6.00. The topological polar surface area (TPSA) is 67.9 Å². The Balaban J connectivity index is 0.00000240. The van der Waals surface area contributed by atoms with Gasteiger partial charge in [0.25, 0.3) is 0 Å². The lowest BCUT2D eigenvalue weighted by molar-refractivity contribution is -0.664. The fraction of sp³-hybridized carbons (Fsp3) is 0.348.